The van der Waals surface area contributed by atoms with Crippen molar-refractivity contribution >= 4 is 14.3 Å². The van der Waals surface area contributed by atoms with Gasteiger partial charge in [0.1, 0.15) is 0 Å². The van der Waals surface area contributed by atoms with Crippen LogP contribution in [-0.2, 0) is 13.6 Å². The van der Waals surface area contributed by atoms with Gasteiger partial charge in [0.15, 0.2) is 0 Å². The molecule has 37 heavy (non-hydrogen) atoms. The molecule has 0 bridgehead atoms. The van der Waals surface area contributed by atoms with Crippen molar-refractivity contribution in [2.24, 2.45) is 51.1 Å². The lowest BCUT2D eigenvalue weighted by molar-refractivity contribution is -0.127. The molecule has 214 valence electrons. The van der Waals surface area contributed by atoms with Crippen molar-refractivity contribution in [2.75, 3.05) is 32.5 Å². The van der Waals surface area contributed by atoms with Gasteiger partial charge < -0.3 is 20.1 Å². The predicted molar refractivity (Wildman–Crippen MR) is 154 cm³/mol. The number of aliphatic imine (C=N–C) groups is 1. The van der Waals surface area contributed by atoms with Crippen molar-refractivity contribution in [3.63, 3.8) is 0 Å². The lowest BCUT2D eigenvalue weighted by atomic mass is 9.42. The second-order valence-electron chi connectivity index (χ2n) is 13.4. The zero-order valence-corrected chi connectivity index (χ0v) is 25.4. The second-order valence-corrected chi connectivity index (χ2v) is 15.6. The van der Waals surface area contributed by atoms with E-state index in [0.717, 1.165) is 37.1 Å². The zero-order chi connectivity index (χ0) is 26.9. The van der Waals surface area contributed by atoms with E-state index in [9.17, 15) is 4.57 Å². The van der Waals surface area contributed by atoms with Crippen LogP contribution in [0.5, 0.6) is 0 Å². The van der Waals surface area contributed by atoms with E-state index >= 15 is 0 Å². The van der Waals surface area contributed by atoms with Crippen molar-refractivity contribution < 1.29 is 13.6 Å². The Balaban J connectivity index is 1.47. The topological polar surface area (TPSA) is 85.9 Å². The molecule has 0 saturated heterocycles. The molecule has 4 aliphatic carbocycles. The maximum atomic E-state index is 13.1. The second kappa shape index (κ2) is 11.7. The van der Waals surface area contributed by atoms with Crippen LogP contribution < -0.4 is 11.1 Å². The Kier molecular flexibility index (Phi) is 9.39. The summed E-state index contributed by atoms with van der Waals surface area (Å²) in [7, 11) is -2.97. The quantitative estimate of drug-likeness (QED) is 0.214. The van der Waals surface area contributed by atoms with Crippen molar-refractivity contribution in [3.8, 4) is 0 Å². The summed E-state index contributed by atoms with van der Waals surface area (Å²) in [5.41, 5.74) is 6.45. The van der Waals surface area contributed by atoms with Gasteiger partial charge in [0.2, 0.25) is 0 Å². The van der Waals surface area contributed by atoms with Gasteiger partial charge >= 0.3 is 7.60 Å². The SMILES string of the molecule is C=N[C@@]12CCC3C4CC[C@H]([C@H](C)CCP(=O)(OCC)OCC)[C@@]4(C)CCC3[C@@]1(C)CC[C@H](NCCN)C2. The average molecular weight is 538 g/mol. The standard InChI is InChI=1S/C30H56N3O3P/c1-7-35-37(34,36-8-2)20-14-22(3)25-9-10-26-24-12-17-30(32-6)21-23(33-19-18-31)11-16-29(30,5)27(24)13-15-28(25,26)4/h22-27,33H,6-21,31H2,1-5H3/t22-,23+,24?,25-,26?,27?,28-,29-,30-/m1/s1. The summed E-state index contributed by atoms with van der Waals surface area (Å²) in [4.78, 5) is 4.97. The van der Waals surface area contributed by atoms with E-state index in [2.05, 4.69) is 32.8 Å². The largest absolute Gasteiger partial charge is 0.330 e. The Labute approximate surface area is 227 Å². The number of hydrogen-bond acceptors (Lipinski definition) is 6. The fourth-order valence-electron chi connectivity index (χ4n) is 10.1. The summed E-state index contributed by atoms with van der Waals surface area (Å²) in [6.45, 7) is 18.1. The molecule has 0 aromatic carbocycles. The Bertz CT molecular complexity index is 831. The van der Waals surface area contributed by atoms with Gasteiger partial charge in [-0.05, 0) is 125 Å². The molecule has 4 saturated carbocycles. The maximum absolute atomic E-state index is 13.1. The normalized spacial score (nSPS) is 42.5. The molecule has 4 rings (SSSR count). The molecular weight excluding hydrogens is 481 g/mol. The van der Waals surface area contributed by atoms with Gasteiger partial charge in [0.05, 0.1) is 24.9 Å². The third-order valence-electron chi connectivity index (χ3n) is 12.0. The first-order valence-electron chi connectivity index (χ1n) is 15.4. The average Bonchev–Trinajstić information content (AvgIpc) is 3.23. The van der Waals surface area contributed by atoms with E-state index in [-0.39, 0.29) is 11.0 Å². The first kappa shape index (κ1) is 29.7. The minimum absolute atomic E-state index is 0.0113. The zero-order valence-electron chi connectivity index (χ0n) is 24.5. The van der Waals surface area contributed by atoms with Crippen LogP contribution in [0.25, 0.3) is 0 Å². The molecule has 0 heterocycles. The van der Waals surface area contributed by atoms with Crippen molar-refractivity contribution in [1.82, 2.24) is 5.32 Å². The van der Waals surface area contributed by atoms with E-state index in [1.54, 1.807) is 0 Å². The van der Waals surface area contributed by atoms with Crippen molar-refractivity contribution in [2.45, 2.75) is 110 Å². The van der Waals surface area contributed by atoms with Gasteiger partial charge in [0.25, 0.3) is 0 Å². The molecule has 7 heteroatoms. The van der Waals surface area contributed by atoms with Gasteiger partial charge in [-0.25, -0.2) is 0 Å². The Morgan fingerprint density at radius 3 is 2.43 bits per heavy atom. The number of hydrogen-bond donors (Lipinski definition) is 2. The summed E-state index contributed by atoms with van der Waals surface area (Å²) in [5.74, 6) is 3.60. The first-order chi connectivity index (χ1) is 17.6. The smallest absolute Gasteiger partial charge is 0.329 e. The van der Waals surface area contributed by atoms with E-state index in [1.807, 2.05) is 13.8 Å². The Hall–Kier alpha value is -0.260. The fourth-order valence-corrected chi connectivity index (χ4v) is 12.0. The molecule has 6 nitrogen and oxygen atoms in total. The molecule has 0 amide bonds. The predicted octanol–water partition coefficient (Wildman–Crippen LogP) is 6.68. The van der Waals surface area contributed by atoms with Gasteiger partial charge in [0, 0.05) is 19.1 Å². The lowest BCUT2D eigenvalue weighted by Gasteiger charge is -2.65. The van der Waals surface area contributed by atoms with Crippen LogP contribution in [0.3, 0.4) is 0 Å². The minimum Gasteiger partial charge on any atom is -0.329 e. The van der Waals surface area contributed by atoms with E-state index in [4.69, 9.17) is 19.8 Å². The monoisotopic (exact) mass is 537 g/mol. The molecule has 3 unspecified atom stereocenters. The summed E-state index contributed by atoms with van der Waals surface area (Å²) in [5, 5.41) is 3.70. The molecule has 0 spiro atoms. The van der Waals surface area contributed by atoms with E-state index < -0.39 is 7.60 Å². The molecule has 3 N–H and O–H groups in total. The summed E-state index contributed by atoms with van der Waals surface area (Å²) >= 11 is 0. The minimum atomic E-state index is -2.97. The highest BCUT2D eigenvalue weighted by molar-refractivity contribution is 7.53. The number of nitrogens with zero attached hydrogens (tertiary/aromatic N) is 1. The molecule has 0 aliphatic heterocycles. The molecule has 9 atom stereocenters. The van der Waals surface area contributed by atoms with Gasteiger partial charge in [-0.15, -0.1) is 0 Å². The van der Waals surface area contributed by atoms with Crippen molar-refractivity contribution in [1.29, 1.82) is 0 Å². The molecule has 0 aromatic rings. The highest BCUT2D eigenvalue weighted by Gasteiger charge is 2.65. The molecule has 4 fully saturated rings. The van der Waals surface area contributed by atoms with Gasteiger partial charge in [-0.3, -0.25) is 9.56 Å². The lowest BCUT2D eigenvalue weighted by Crippen LogP contribution is -2.63. The van der Waals surface area contributed by atoms with Crippen LogP contribution in [0.1, 0.15) is 98.8 Å². The number of nitrogens with one attached hydrogen (secondary N) is 1. The fraction of sp³-hybridized carbons (Fsp3) is 0.967. The highest BCUT2D eigenvalue weighted by Crippen LogP contribution is 2.70. The third kappa shape index (κ3) is 5.29. The number of fused-ring (bicyclic) bond motifs is 5. The van der Waals surface area contributed by atoms with Crippen molar-refractivity contribution in [3.05, 3.63) is 0 Å². The molecule has 4 aliphatic rings. The van der Waals surface area contributed by atoms with Gasteiger partial charge in [-0.2, -0.15) is 0 Å². The summed E-state index contributed by atoms with van der Waals surface area (Å²) in [6.07, 6.45) is 12.9. The first-order valence-corrected chi connectivity index (χ1v) is 17.1. The van der Waals surface area contributed by atoms with E-state index in [1.165, 1.54) is 51.4 Å². The highest BCUT2D eigenvalue weighted by atomic mass is 31.2. The molecule has 0 radical (unpaired) electrons. The van der Waals surface area contributed by atoms with Crippen LogP contribution in [0.2, 0.25) is 0 Å². The Morgan fingerprint density at radius 2 is 1.78 bits per heavy atom. The van der Waals surface area contributed by atoms with Crippen LogP contribution in [0.4, 0.5) is 0 Å². The van der Waals surface area contributed by atoms with Gasteiger partial charge in [-0.1, -0.05) is 20.8 Å². The summed E-state index contributed by atoms with van der Waals surface area (Å²) in [6, 6.07) is 0.522. The van der Waals surface area contributed by atoms with E-state index in [0.29, 0.717) is 49.2 Å². The van der Waals surface area contributed by atoms with Crippen LogP contribution in [0, 0.1) is 40.4 Å². The molecule has 0 aromatic heterocycles. The number of rotatable bonds is 12. The summed E-state index contributed by atoms with van der Waals surface area (Å²) < 4.78 is 24.3. The molecular formula is C30H56N3O3P. The number of nitrogens with two attached hydrogens (primary N) is 1. The maximum Gasteiger partial charge on any atom is 0.330 e. The van der Waals surface area contributed by atoms with Crippen LogP contribution in [-0.4, -0.2) is 50.8 Å². The third-order valence-corrected chi connectivity index (χ3v) is 14.1. The Morgan fingerprint density at radius 1 is 1.05 bits per heavy atom. The van der Waals surface area contributed by atoms with Crippen LogP contribution >= 0.6 is 7.60 Å². The van der Waals surface area contributed by atoms with Crippen LogP contribution in [0.15, 0.2) is 4.99 Å².